The number of rotatable bonds is 7. The lowest BCUT2D eigenvalue weighted by atomic mass is 10.0. The Hall–Kier alpha value is -3.02. The third-order valence-electron chi connectivity index (χ3n) is 5.85. The fourth-order valence-corrected chi connectivity index (χ4v) is 4.75. The number of allylic oxidation sites excluding steroid dienone is 4. The molecule has 0 unspecified atom stereocenters. The van der Waals surface area contributed by atoms with Gasteiger partial charge in [-0.05, 0) is 80.7 Å². The molecule has 0 atom stereocenters. The molecule has 2 heterocycles. The molecule has 0 saturated heterocycles. The van der Waals surface area contributed by atoms with E-state index in [9.17, 15) is 23.1 Å². The SMILES string of the molecule is C#C/C(=C\C=C(/C)c1ccc(CN2CCc3ccc(OC(C)(C)C(=O)O)cc3CC2)s1)C(F)(F)F. The molecule has 8 heteroatoms. The lowest BCUT2D eigenvalue weighted by molar-refractivity contribution is -0.152. The van der Waals surface area contributed by atoms with Gasteiger partial charge in [-0.15, -0.1) is 17.8 Å². The lowest BCUT2D eigenvalue weighted by Crippen LogP contribution is -2.37. The minimum absolute atomic E-state index is 0.544. The number of ether oxygens (including phenoxy) is 1. The molecular formula is C27H28F3NO3S. The zero-order valence-corrected chi connectivity index (χ0v) is 20.7. The smallest absolute Gasteiger partial charge is 0.424 e. The highest BCUT2D eigenvalue weighted by molar-refractivity contribution is 7.13. The molecule has 0 aliphatic carbocycles. The third-order valence-corrected chi connectivity index (χ3v) is 7.06. The Morgan fingerprint density at radius 1 is 1.17 bits per heavy atom. The lowest BCUT2D eigenvalue weighted by Gasteiger charge is -2.22. The van der Waals surface area contributed by atoms with Crippen LogP contribution in [-0.4, -0.2) is 40.8 Å². The van der Waals surface area contributed by atoms with Crippen LogP contribution >= 0.6 is 11.3 Å². The van der Waals surface area contributed by atoms with Crippen molar-refractivity contribution >= 4 is 22.9 Å². The van der Waals surface area contributed by atoms with Gasteiger partial charge in [-0.3, -0.25) is 4.90 Å². The first kappa shape index (κ1) is 26.6. The number of nitrogens with zero attached hydrogens (tertiary/aromatic N) is 1. The van der Waals surface area contributed by atoms with Gasteiger partial charge in [0.15, 0.2) is 5.60 Å². The van der Waals surface area contributed by atoms with Gasteiger partial charge >= 0.3 is 12.1 Å². The maximum absolute atomic E-state index is 12.8. The number of carboxylic acids is 1. The summed E-state index contributed by atoms with van der Waals surface area (Å²) in [4.78, 5) is 15.7. The topological polar surface area (TPSA) is 49.8 Å². The molecule has 0 saturated carbocycles. The molecule has 3 rings (SSSR count). The molecular weight excluding hydrogens is 475 g/mol. The van der Waals surface area contributed by atoms with Crippen molar-refractivity contribution in [2.45, 2.75) is 51.9 Å². The Balaban J connectivity index is 1.64. The van der Waals surface area contributed by atoms with Crippen molar-refractivity contribution in [2.24, 2.45) is 0 Å². The largest absolute Gasteiger partial charge is 0.478 e. The molecule has 0 bridgehead atoms. The Labute approximate surface area is 207 Å². The van der Waals surface area contributed by atoms with E-state index in [0.29, 0.717) is 5.75 Å². The highest BCUT2D eigenvalue weighted by Crippen LogP contribution is 2.29. The average molecular weight is 504 g/mol. The van der Waals surface area contributed by atoms with E-state index < -0.39 is 23.3 Å². The van der Waals surface area contributed by atoms with E-state index in [2.05, 4.69) is 4.90 Å². The van der Waals surface area contributed by atoms with Gasteiger partial charge in [-0.25, -0.2) is 4.79 Å². The Morgan fingerprint density at radius 3 is 2.49 bits per heavy atom. The van der Waals surface area contributed by atoms with E-state index in [-0.39, 0.29) is 0 Å². The first-order chi connectivity index (χ1) is 16.4. The van der Waals surface area contributed by atoms with Crippen LogP contribution in [0.3, 0.4) is 0 Å². The number of benzene rings is 1. The number of carboxylic acid groups (broad SMARTS) is 1. The summed E-state index contributed by atoms with van der Waals surface area (Å²) in [6, 6.07) is 9.68. The Kier molecular flexibility index (Phi) is 8.14. The second-order valence-corrected chi connectivity index (χ2v) is 10.1. The summed E-state index contributed by atoms with van der Waals surface area (Å²) in [6.45, 7) is 7.27. The van der Waals surface area contributed by atoms with E-state index in [4.69, 9.17) is 11.2 Å². The molecule has 1 aromatic heterocycles. The fourth-order valence-electron chi connectivity index (χ4n) is 3.72. The van der Waals surface area contributed by atoms with Crippen LogP contribution in [0.4, 0.5) is 13.2 Å². The van der Waals surface area contributed by atoms with E-state index in [1.165, 1.54) is 25.5 Å². The number of hydrogen-bond donors (Lipinski definition) is 1. The number of aliphatic carboxylic acids is 1. The van der Waals surface area contributed by atoms with Crippen molar-refractivity contribution in [1.29, 1.82) is 0 Å². The molecule has 1 aromatic carbocycles. The quantitative estimate of drug-likeness (QED) is 0.366. The zero-order chi connectivity index (χ0) is 25.8. The van der Waals surface area contributed by atoms with Crippen LogP contribution in [0.1, 0.15) is 41.7 Å². The summed E-state index contributed by atoms with van der Waals surface area (Å²) in [7, 11) is 0. The summed E-state index contributed by atoms with van der Waals surface area (Å²) in [5.74, 6) is 1.22. The predicted molar refractivity (Wildman–Crippen MR) is 132 cm³/mol. The zero-order valence-electron chi connectivity index (χ0n) is 19.9. The first-order valence-electron chi connectivity index (χ1n) is 11.2. The monoisotopic (exact) mass is 503 g/mol. The summed E-state index contributed by atoms with van der Waals surface area (Å²) in [6.07, 6.45) is 4.48. The second-order valence-electron chi connectivity index (χ2n) is 8.96. The normalized spacial score (nSPS) is 15.8. The van der Waals surface area contributed by atoms with Crippen LogP contribution in [-0.2, 0) is 24.2 Å². The van der Waals surface area contributed by atoms with Crippen LogP contribution in [0.25, 0.3) is 5.57 Å². The molecule has 0 radical (unpaired) electrons. The van der Waals surface area contributed by atoms with Gasteiger partial charge in [0.1, 0.15) is 11.3 Å². The predicted octanol–water partition coefficient (Wildman–Crippen LogP) is 6.12. The van der Waals surface area contributed by atoms with Gasteiger partial charge in [0.25, 0.3) is 0 Å². The Morgan fingerprint density at radius 2 is 1.86 bits per heavy atom. The van der Waals surface area contributed by atoms with Crippen LogP contribution in [0.15, 0.2) is 48.1 Å². The Bertz CT molecular complexity index is 1190. The number of terminal acetylenes is 1. The molecule has 35 heavy (non-hydrogen) atoms. The number of thiophene rings is 1. The van der Waals surface area contributed by atoms with E-state index in [1.54, 1.807) is 24.2 Å². The van der Waals surface area contributed by atoms with Gasteiger partial charge in [-0.1, -0.05) is 18.1 Å². The van der Waals surface area contributed by atoms with Gasteiger partial charge in [0.05, 0.1) is 0 Å². The highest BCUT2D eigenvalue weighted by Gasteiger charge is 2.32. The molecule has 0 spiro atoms. The molecule has 2 aromatic rings. The molecule has 1 aliphatic heterocycles. The van der Waals surface area contributed by atoms with Crippen molar-refractivity contribution in [3.63, 3.8) is 0 Å². The molecule has 0 fully saturated rings. The number of alkyl halides is 3. The molecule has 186 valence electrons. The molecule has 1 aliphatic rings. The van der Waals surface area contributed by atoms with Crippen molar-refractivity contribution in [1.82, 2.24) is 4.90 Å². The van der Waals surface area contributed by atoms with Crippen LogP contribution in [0.2, 0.25) is 0 Å². The molecule has 0 amide bonds. The highest BCUT2D eigenvalue weighted by atomic mass is 32.1. The van der Waals surface area contributed by atoms with Crippen LogP contribution in [0.5, 0.6) is 5.75 Å². The second kappa shape index (κ2) is 10.7. The van der Waals surface area contributed by atoms with Gasteiger partial charge < -0.3 is 9.84 Å². The maximum Gasteiger partial charge on any atom is 0.424 e. The van der Waals surface area contributed by atoms with Crippen LogP contribution < -0.4 is 4.74 Å². The van der Waals surface area contributed by atoms with E-state index in [0.717, 1.165) is 59.4 Å². The number of halogens is 3. The van der Waals surface area contributed by atoms with Crippen molar-refractivity contribution in [2.75, 3.05) is 13.1 Å². The fraction of sp³-hybridized carbons (Fsp3) is 0.370. The third kappa shape index (κ3) is 7.00. The van der Waals surface area contributed by atoms with E-state index in [1.807, 2.05) is 30.3 Å². The summed E-state index contributed by atoms with van der Waals surface area (Å²) in [5.41, 5.74) is 0.785. The summed E-state index contributed by atoms with van der Waals surface area (Å²) < 4.78 is 44.2. The standard InChI is InChI=1S/C27H28F3NO3S/c1-5-21(27(28,29)30)8-6-18(2)24-11-10-23(35-24)17-31-14-12-19-7-9-22(16-20(19)13-15-31)34-26(3,4)25(32)33/h1,6-11,16H,12-15,17H2,2-4H3,(H,32,33)/b18-6+,21-8+. The minimum Gasteiger partial charge on any atom is -0.478 e. The van der Waals surface area contributed by atoms with Crippen LogP contribution in [0, 0.1) is 12.3 Å². The number of hydrogen-bond acceptors (Lipinski definition) is 4. The van der Waals surface area contributed by atoms with Crippen molar-refractivity contribution in [3.05, 3.63) is 68.9 Å². The average Bonchev–Trinajstić information content (AvgIpc) is 3.14. The van der Waals surface area contributed by atoms with Crippen molar-refractivity contribution < 1.29 is 27.8 Å². The summed E-state index contributed by atoms with van der Waals surface area (Å²) >= 11 is 1.56. The molecule has 1 N–H and O–H groups in total. The molecule has 4 nitrogen and oxygen atoms in total. The minimum atomic E-state index is -4.53. The maximum atomic E-state index is 12.8. The van der Waals surface area contributed by atoms with Gasteiger partial charge in [0, 0.05) is 29.4 Å². The number of carbonyl (C=O) groups is 1. The van der Waals surface area contributed by atoms with Gasteiger partial charge in [-0.2, -0.15) is 13.2 Å². The van der Waals surface area contributed by atoms with E-state index >= 15 is 0 Å². The number of fused-ring (bicyclic) bond motifs is 1. The van der Waals surface area contributed by atoms with Crippen molar-refractivity contribution in [3.8, 4) is 18.1 Å². The summed E-state index contributed by atoms with van der Waals surface area (Å²) in [5, 5.41) is 9.30. The first-order valence-corrected chi connectivity index (χ1v) is 12.0. The van der Waals surface area contributed by atoms with Gasteiger partial charge in [0.2, 0.25) is 0 Å².